The summed E-state index contributed by atoms with van der Waals surface area (Å²) in [5.74, 6) is -0.503. The minimum absolute atomic E-state index is 0.0890. The lowest BCUT2D eigenvalue weighted by atomic mass is 10.0. The SMILES string of the molecule is COC(=O)[C@@]12C[C@@H]1/C=C\CCCCC[C@H](NC(=O)CC1CC1)C(=O)N1C[C@H](Oc3nc(-c4ncco4)nc4ccsc34)C[C@H]1C(=O)N2. The van der Waals surface area contributed by atoms with Crippen LogP contribution in [0.2, 0.25) is 0 Å². The molecule has 13 nitrogen and oxygen atoms in total. The van der Waals surface area contributed by atoms with Crippen LogP contribution in [0.25, 0.3) is 21.9 Å². The van der Waals surface area contributed by atoms with Crippen molar-refractivity contribution in [2.45, 2.75) is 87.9 Å². The Morgan fingerprint density at radius 3 is 2.85 bits per heavy atom. The lowest BCUT2D eigenvalue weighted by molar-refractivity contribution is -0.148. The van der Waals surface area contributed by atoms with Crippen LogP contribution in [0.1, 0.15) is 64.2 Å². The summed E-state index contributed by atoms with van der Waals surface area (Å²) < 4.78 is 17.7. The van der Waals surface area contributed by atoms with Gasteiger partial charge in [-0.05, 0) is 55.9 Å². The van der Waals surface area contributed by atoms with Gasteiger partial charge in [0.05, 0.1) is 25.4 Å². The predicted octanol–water partition coefficient (Wildman–Crippen LogP) is 3.55. The fourth-order valence-corrected chi connectivity index (χ4v) is 7.42. The number of hydrogen-bond acceptors (Lipinski definition) is 11. The van der Waals surface area contributed by atoms with Crippen LogP contribution >= 0.6 is 11.3 Å². The number of hydrogen-bond donors (Lipinski definition) is 2. The van der Waals surface area contributed by atoms with Crippen LogP contribution in [-0.2, 0) is 23.9 Å². The van der Waals surface area contributed by atoms with Gasteiger partial charge in [-0.3, -0.25) is 14.4 Å². The van der Waals surface area contributed by atoms with Crippen molar-refractivity contribution >= 4 is 45.2 Å². The predicted molar refractivity (Wildman–Crippen MR) is 170 cm³/mol. The third-order valence-electron chi connectivity index (χ3n) is 9.47. The lowest BCUT2D eigenvalue weighted by Gasteiger charge is -2.29. The first kappa shape index (κ1) is 31.3. The summed E-state index contributed by atoms with van der Waals surface area (Å²) in [6.45, 7) is 0.0890. The summed E-state index contributed by atoms with van der Waals surface area (Å²) in [7, 11) is 1.31. The Morgan fingerprint density at radius 1 is 1.19 bits per heavy atom. The van der Waals surface area contributed by atoms with E-state index in [0.29, 0.717) is 41.3 Å². The van der Waals surface area contributed by atoms with Gasteiger partial charge in [0.1, 0.15) is 34.7 Å². The Kier molecular flexibility index (Phi) is 8.69. The first-order valence-corrected chi connectivity index (χ1v) is 17.2. The summed E-state index contributed by atoms with van der Waals surface area (Å²) in [5.41, 5.74) is -0.532. The molecule has 3 aromatic rings. The molecule has 248 valence electrons. The number of carbonyl (C=O) groups excluding carboxylic acids is 4. The van der Waals surface area contributed by atoms with Crippen molar-refractivity contribution in [3.8, 4) is 17.6 Å². The fourth-order valence-electron chi connectivity index (χ4n) is 6.66. The normalized spacial score (nSPS) is 28.7. The van der Waals surface area contributed by atoms with Crippen LogP contribution < -0.4 is 15.4 Å². The van der Waals surface area contributed by atoms with Crippen LogP contribution in [0, 0.1) is 11.8 Å². The average Bonchev–Trinajstić information content (AvgIpc) is 3.72. The molecule has 3 fully saturated rings. The zero-order valence-electron chi connectivity index (χ0n) is 26.2. The molecule has 2 aliphatic heterocycles. The minimum Gasteiger partial charge on any atom is -0.471 e. The number of ether oxygens (including phenoxy) is 2. The second-order valence-electron chi connectivity index (χ2n) is 12.9. The number of oxazole rings is 1. The van der Waals surface area contributed by atoms with Crippen molar-refractivity contribution < 1.29 is 33.1 Å². The molecule has 14 heteroatoms. The number of thiophene rings is 1. The highest BCUT2D eigenvalue weighted by Crippen LogP contribution is 2.46. The molecule has 47 heavy (non-hydrogen) atoms. The Morgan fingerprint density at radius 2 is 2.06 bits per heavy atom. The molecule has 5 atom stereocenters. The van der Waals surface area contributed by atoms with E-state index in [1.54, 1.807) is 0 Å². The number of nitrogens with one attached hydrogen (secondary N) is 2. The molecule has 4 aliphatic rings. The molecule has 0 bridgehead atoms. The first-order valence-electron chi connectivity index (χ1n) is 16.3. The van der Waals surface area contributed by atoms with E-state index in [1.807, 2.05) is 23.6 Å². The number of aromatic nitrogens is 3. The summed E-state index contributed by atoms with van der Waals surface area (Å²) in [4.78, 5) is 69.1. The number of nitrogens with zero attached hydrogens (tertiary/aromatic N) is 4. The number of methoxy groups -OCH3 is 1. The zero-order valence-corrected chi connectivity index (χ0v) is 27.0. The van der Waals surface area contributed by atoms with Crippen molar-refractivity contribution in [1.82, 2.24) is 30.5 Å². The fraction of sp³-hybridized carbons (Fsp3) is 0.545. The van der Waals surface area contributed by atoms with Crippen LogP contribution in [0.3, 0.4) is 0 Å². The summed E-state index contributed by atoms with van der Waals surface area (Å²) >= 11 is 1.41. The maximum atomic E-state index is 14.3. The summed E-state index contributed by atoms with van der Waals surface area (Å²) in [6.07, 6.45) is 13.2. The molecule has 3 aromatic heterocycles. The molecule has 2 aliphatic carbocycles. The topological polar surface area (TPSA) is 166 Å². The molecule has 5 heterocycles. The average molecular weight is 663 g/mol. The summed E-state index contributed by atoms with van der Waals surface area (Å²) in [5, 5.41) is 7.83. The number of allylic oxidation sites excluding steroid dienone is 1. The molecule has 0 aromatic carbocycles. The Labute approximate surface area is 275 Å². The smallest absolute Gasteiger partial charge is 0.332 e. The molecule has 0 radical (unpaired) electrons. The largest absolute Gasteiger partial charge is 0.471 e. The Bertz CT molecular complexity index is 1690. The maximum Gasteiger partial charge on any atom is 0.332 e. The van der Waals surface area contributed by atoms with Gasteiger partial charge < -0.3 is 29.4 Å². The van der Waals surface area contributed by atoms with Gasteiger partial charge in [0.15, 0.2) is 0 Å². The molecule has 0 unspecified atom stereocenters. The molecule has 1 saturated heterocycles. The lowest BCUT2D eigenvalue weighted by Crippen LogP contribution is -2.56. The zero-order chi connectivity index (χ0) is 32.5. The highest BCUT2D eigenvalue weighted by atomic mass is 32.1. The second kappa shape index (κ2) is 13.1. The van der Waals surface area contributed by atoms with Crippen molar-refractivity contribution in [2.24, 2.45) is 11.8 Å². The standard InChI is InChI=1S/C33H38N6O7S/c1-44-32(43)33-17-20(33)7-5-3-2-4-6-8-23(35-25(40)15-19-9-10-19)31(42)39-18-21(16-24(39)28(41)38-33)46-29-26-22(11-14-47-26)36-27(37-29)30-34-12-13-45-30/h5,7,11-14,19-21,23-24H,2-4,6,8-10,15-18H2,1H3,(H,35,40)(H,38,41)/b7-5-/t20-,21+,23-,24-,33+/m0/s1. The van der Waals surface area contributed by atoms with E-state index in [1.165, 1.54) is 35.8 Å². The van der Waals surface area contributed by atoms with E-state index in [4.69, 9.17) is 13.9 Å². The van der Waals surface area contributed by atoms with Crippen LogP contribution in [0.4, 0.5) is 0 Å². The van der Waals surface area contributed by atoms with Gasteiger partial charge in [-0.2, -0.15) is 4.98 Å². The van der Waals surface area contributed by atoms with Gasteiger partial charge in [-0.15, -0.1) is 11.3 Å². The molecule has 7 rings (SSSR count). The number of carbonyl (C=O) groups is 4. The van der Waals surface area contributed by atoms with E-state index in [0.717, 1.165) is 38.5 Å². The van der Waals surface area contributed by atoms with E-state index < -0.39 is 35.6 Å². The maximum absolute atomic E-state index is 14.3. The third-order valence-corrected chi connectivity index (χ3v) is 10.4. The molecular weight excluding hydrogens is 624 g/mol. The van der Waals surface area contributed by atoms with Crippen molar-refractivity contribution in [3.05, 3.63) is 36.1 Å². The number of fused-ring (bicyclic) bond motifs is 3. The van der Waals surface area contributed by atoms with Crippen molar-refractivity contribution in [1.29, 1.82) is 0 Å². The highest BCUT2D eigenvalue weighted by molar-refractivity contribution is 7.17. The van der Waals surface area contributed by atoms with Gasteiger partial charge in [-0.1, -0.05) is 25.0 Å². The monoisotopic (exact) mass is 662 g/mol. The van der Waals surface area contributed by atoms with E-state index in [-0.39, 0.29) is 42.4 Å². The highest BCUT2D eigenvalue weighted by Gasteiger charge is 2.62. The Balaban J connectivity index is 1.19. The van der Waals surface area contributed by atoms with Crippen LogP contribution in [0.5, 0.6) is 5.88 Å². The summed E-state index contributed by atoms with van der Waals surface area (Å²) in [6, 6.07) is 0.121. The number of rotatable bonds is 7. The number of amides is 3. The number of esters is 1. The van der Waals surface area contributed by atoms with Gasteiger partial charge in [0.2, 0.25) is 29.4 Å². The molecule has 3 amide bonds. The molecule has 2 saturated carbocycles. The van der Waals surface area contributed by atoms with E-state index >= 15 is 0 Å². The Hall–Kier alpha value is -4.33. The molecule has 2 N–H and O–H groups in total. The van der Waals surface area contributed by atoms with E-state index in [2.05, 4.69) is 25.6 Å². The van der Waals surface area contributed by atoms with Crippen molar-refractivity contribution in [3.63, 3.8) is 0 Å². The van der Waals surface area contributed by atoms with Gasteiger partial charge >= 0.3 is 5.97 Å². The third kappa shape index (κ3) is 6.60. The van der Waals surface area contributed by atoms with Crippen LogP contribution in [-0.4, -0.2) is 80.9 Å². The quantitative estimate of drug-likeness (QED) is 0.282. The first-order chi connectivity index (χ1) is 22.8. The molecule has 0 spiro atoms. The van der Waals surface area contributed by atoms with Crippen molar-refractivity contribution in [2.75, 3.05) is 13.7 Å². The van der Waals surface area contributed by atoms with Crippen LogP contribution in [0.15, 0.2) is 40.5 Å². The minimum atomic E-state index is -1.19. The molecular formula is C33H38N6O7S. The second-order valence-corrected chi connectivity index (χ2v) is 13.8. The van der Waals surface area contributed by atoms with Gasteiger partial charge in [-0.25, -0.2) is 14.8 Å². The van der Waals surface area contributed by atoms with Gasteiger partial charge in [0.25, 0.3) is 5.89 Å². The van der Waals surface area contributed by atoms with E-state index in [9.17, 15) is 19.2 Å². The van der Waals surface area contributed by atoms with Gasteiger partial charge in [0, 0.05) is 18.8 Å².